The highest BCUT2D eigenvalue weighted by molar-refractivity contribution is 5.93. The fraction of sp³-hybridized carbons (Fsp3) is 0.548. The van der Waals surface area contributed by atoms with Gasteiger partial charge in [0.15, 0.2) is 0 Å². The number of carbonyl (C=O) groups is 7. The fourth-order valence-electron chi connectivity index (χ4n) is 6.34. The molecule has 20 heteroatoms. The van der Waals surface area contributed by atoms with Gasteiger partial charge in [0.1, 0.15) is 12.6 Å². The third-order valence-corrected chi connectivity index (χ3v) is 10.0. The molecule has 474 valence electrons. The van der Waals surface area contributed by atoms with Crippen LogP contribution in [0.15, 0.2) is 91.2 Å². The number of anilines is 1. The lowest BCUT2D eigenvalue weighted by Crippen LogP contribution is -2.28. The number of aliphatic hydroxyl groups is 1. The van der Waals surface area contributed by atoms with Gasteiger partial charge in [-0.25, -0.2) is 0 Å². The van der Waals surface area contributed by atoms with E-state index in [1.54, 1.807) is 0 Å². The standard InChI is InChI=1S/C29H49NO5.C16H17N3.C3H9N.C3H6O.3C2H6.4CH3NO.CH4O/c1-5-8-9-10-11-20-33-22-24-35-25-23-34-21-18-30-29(32)16-15-27(17-19-31)14-13-26(4)28(7-3)12-6-2;1-19-10-11-6-2-3-7-12(11)15(17)16(18)13-8-4-5-9-14(13)19;2*1-2-3-4;3*1-2;4*2-1-3;1-2/h6,8,12,19,26-27H,1-2,7,9-11,13-18,20-25H2,3-4H3,(H,30,32);2-9H,10,17-18H2,1H3;2-4H2,1H3;3H,2H2,1H3;3*1-2H3;4*1H,(H2,2,3);2H,1H3/b28-12+;16-15-;;;;;;;;;;. The molecule has 0 saturated heterocycles. The van der Waals surface area contributed by atoms with E-state index in [-0.39, 0.29) is 37.5 Å². The molecule has 2 aromatic rings. The van der Waals surface area contributed by atoms with Gasteiger partial charge in [0.2, 0.25) is 31.5 Å². The molecule has 82 heavy (non-hydrogen) atoms. The summed E-state index contributed by atoms with van der Waals surface area (Å²) in [5.74, 6) is 0.714. The van der Waals surface area contributed by atoms with Gasteiger partial charge in [0.25, 0.3) is 0 Å². The van der Waals surface area contributed by atoms with Crippen molar-refractivity contribution < 1.29 is 52.9 Å². The molecule has 2 unspecified atom stereocenters. The maximum Gasteiger partial charge on any atom is 0.220 e. The number of aliphatic hydroxyl groups excluding tert-OH is 1. The first-order valence-electron chi connectivity index (χ1n) is 28.2. The lowest BCUT2D eigenvalue weighted by Gasteiger charge is -2.27. The number of amides is 5. The number of nitrogens with two attached hydrogens (primary N) is 7. The summed E-state index contributed by atoms with van der Waals surface area (Å²) in [7, 11) is 3.07. The zero-order valence-electron chi connectivity index (χ0n) is 52.5. The van der Waals surface area contributed by atoms with E-state index in [4.69, 9.17) is 55.7 Å². The van der Waals surface area contributed by atoms with Crippen molar-refractivity contribution in [2.45, 2.75) is 146 Å². The maximum atomic E-state index is 12.1. The molecule has 0 radical (unpaired) electrons. The van der Waals surface area contributed by atoms with Crippen LogP contribution in [0.4, 0.5) is 5.69 Å². The fourth-order valence-corrected chi connectivity index (χ4v) is 6.34. The van der Waals surface area contributed by atoms with E-state index in [1.165, 1.54) is 11.1 Å². The summed E-state index contributed by atoms with van der Waals surface area (Å²) in [6.45, 7) is 33.0. The second-order valence-electron chi connectivity index (χ2n) is 15.5. The summed E-state index contributed by atoms with van der Waals surface area (Å²) < 4.78 is 16.5. The third-order valence-electron chi connectivity index (χ3n) is 10.0. The Balaban J connectivity index is -0.000000134. The van der Waals surface area contributed by atoms with Crippen molar-refractivity contribution in [2.75, 3.05) is 71.8 Å². The van der Waals surface area contributed by atoms with E-state index in [0.717, 1.165) is 108 Å². The van der Waals surface area contributed by atoms with Crippen LogP contribution in [-0.2, 0) is 54.3 Å². The average molecular weight is 1160 g/mol. The van der Waals surface area contributed by atoms with Crippen molar-refractivity contribution in [1.29, 1.82) is 0 Å². The molecule has 0 aliphatic carbocycles. The quantitative estimate of drug-likeness (QED) is 0.0177. The molecule has 1 heterocycles. The largest absolute Gasteiger partial charge is 0.400 e. The second-order valence-corrected chi connectivity index (χ2v) is 15.5. The van der Waals surface area contributed by atoms with Crippen LogP contribution >= 0.6 is 0 Å². The Hall–Kier alpha value is -6.93. The lowest BCUT2D eigenvalue weighted by molar-refractivity contribution is -0.122. The number of primary amides is 4. The molecule has 0 spiro atoms. The first-order chi connectivity index (χ1) is 39.7. The summed E-state index contributed by atoms with van der Waals surface area (Å²) in [5.41, 5.74) is 44.0. The third kappa shape index (κ3) is 65.6. The summed E-state index contributed by atoms with van der Waals surface area (Å²) >= 11 is 0. The maximum absolute atomic E-state index is 12.1. The van der Waals surface area contributed by atoms with Crippen LogP contribution in [0.3, 0.4) is 0 Å². The molecule has 1 aliphatic heterocycles. The minimum atomic E-state index is 0.00672. The number of carbonyl (C=O) groups excluding carboxylic acids is 7. The number of benzene rings is 2. The normalized spacial score (nSPS) is 11.3. The summed E-state index contributed by atoms with van der Waals surface area (Å²) in [6, 6.07) is 16.2. The van der Waals surface area contributed by atoms with Crippen LogP contribution in [0.5, 0.6) is 0 Å². The number of hydrogen-bond acceptors (Lipinski definition) is 15. The van der Waals surface area contributed by atoms with Crippen LogP contribution < -0.4 is 50.4 Å². The molecule has 2 aromatic carbocycles. The number of aldehydes is 2. The smallest absolute Gasteiger partial charge is 0.220 e. The topological polar surface area (TPSA) is 365 Å². The average Bonchev–Trinajstić information content (AvgIpc) is 3.51. The first kappa shape index (κ1) is 94.4. The van der Waals surface area contributed by atoms with Crippen molar-refractivity contribution in [2.24, 2.45) is 52.0 Å². The molecule has 16 N–H and O–H groups in total. The van der Waals surface area contributed by atoms with Gasteiger partial charge in [0, 0.05) is 69.9 Å². The van der Waals surface area contributed by atoms with Gasteiger partial charge in [-0.1, -0.05) is 143 Å². The molecule has 1 aliphatic rings. The van der Waals surface area contributed by atoms with Gasteiger partial charge < -0.3 is 79.3 Å². The Morgan fingerprint density at radius 1 is 0.720 bits per heavy atom. The van der Waals surface area contributed by atoms with E-state index in [1.807, 2.05) is 97.0 Å². The highest BCUT2D eigenvalue weighted by Gasteiger charge is 2.19. The van der Waals surface area contributed by atoms with E-state index in [9.17, 15) is 14.4 Å². The van der Waals surface area contributed by atoms with Gasteiger partial charge in [-0.3, -0.25) is 24.0 Å². The van der Waals surface area contributed by atoms with Crippen molar-refractivity contribution in [3.05, 3.63) is 108 Å². The number of para-hydroxylation sites is 1. The zero-order chi connectivity index (χ0) is 65.0. The minimum Gasteiger partial charge on any atom is -0.400 e. The Morgan fingerprint density at radius 2 is 1.17 bits per heavy atom. The predicted molar refractivity (Wildman–Crippen MR) is 342 cm³/mol. The van der Waals surface area contributed by atoms with E-state index < -0.39 is 0 Å². The van der Waals surface area contributed by atoms with Gasteiger partial charge in [-0.05, 0) is 87.5 Å². The van der Waals surface area contributed by atoms with Crippen LogP contribution in [0.25, 0.3) is 11.4 Å². The van der Waals surface area contributed by atoms with Gasteiger partial charge in [-0.2, -0.15) is 0 Å². The van der Waals surface area contributed by atoms with Crippen molar-refractivity contribution in [3.63, 3.8) is 0 Å². The SMILES string of the molecule is C=C=CCCCCOCCOCCOCCNC(=O)CCC(CC=O)CCC(C)/C(=C/C=C)CC.CC.CC.CC.CCC=O.CCCN.CN1Cc2ccccc2/C(N)=C(/N)c2ccccc21.CO.NC=O.NC=O.NC=O.NC=O. The molecular weight excluding hydrogens is 1050 g/mol. The Kier molecular flexibility index (Phi) is 98.2. The van der Waals surface area contributed by atoms with E-state index in [0.29, 0.717) is 76.2 Å². The van der Waals surface area contributed by atoms with Crippen LogP contribution in [-0.4, -0.2) is 116 Å². The number of nitrogens with zero attached hydrogens (tertiary/aromatic N) is 1. The second kappa shape index (κ2) is 85.4. The number of fused-ring (bicyclic) bond motifs is 2. The minimum absolute atomic E-state index is 0.00672. The lowest BCUT2D eigenvalue weighted by atomic mass is 9.87. The Labute approximate surface area is 495 Å². The molecule has 20 nitrogen and oxygen atoms in total. The number of rotatable bonds is 27. The number of allylic oxidation sites excluding steroid dienone is 4. The van der Waals surface area contributed by atoms with Gasteiger partial charge in [-0.15, -0.1) is 5.73 Å². The van der Waals surface area contributed by atoms with E-state index >= 15 is 0 Å². The molecular formula is C62H115N9O11. The van der Waals surface area contributed by atoms with Crippen molar-refractivity contribution in [3.8, 4) is 0 Å². The Bertz CT molecular complexity index is 1820. The monoisotopic (exact) mass is 1160 g/mol. The molecule has 0 bridgehead atoms. The highest BCUT2D eigenvalue weighted by atomic mass is 16.5. The molecule has 0 saturated carbocycles. The summed E-state index contributed by atoms with van der Waals surface area (Å²) in [4.78, 5) is 68.9. The Morgan fingerprint density at radius 3 is 1.62 bits per heavy atom. The molecule has 0 aromatic heterocycles. The van der Waals surface area contributed by atoms with Crippen LogP contribution in [0.2, 0.25) is 0 Å². The highest BCUT2D eigenvalue weighted by Crippen LogP contribution is 2.32. The van der Waals surface area contributed by atoms with Gasteiger partial charge in [0.05, 0.1) is 44.4 Å². The number of ether oxygens (including phenoxy) is 3. The zero-order valence-corrected chi connectivity index (χ0v) is 52.5. The van der Waals surface area contributed by atoms with Crippen molar-refractivity contribution in [1.82, 2.24) is 5.32 Å². The van der Waals surface area contributed by atoms with Crippen LogP contribution in [0.1, 0.15) is 157 Å². The van der Waals surface area contributed by atoms with Crippen molar-refractivity contribution >= 4 is 61.2 Å². The number of hydrogen-bond donors (Lipinski definition) is 9. The number of unbranched alkanes of at least 4 members (excludes halogenated alkanes) is 2. The first-order valence-corrected chi connectivity index (χ1v) is 28.2. The molecule has 2 atom stereocenters. The predicted octanol–water partition coefficient (Wildman–Crippen LogP) is 8.01. The summed E-state index contributed by atoms with van der Waals surface area (Å²) in [5, 5.41) is 9.89. The number of nitrogens with one attached hydrogen (secondary N) is 1. The van der Waals surface area contributed by atoms with E-state index in [2.05, 4.69) is 98.1 Å². The van der Waals surface area contributed by atoms with Gasteiger partial charge >= 0.3 is 0 Å². The molecule has 5 amide bonds. The summed E-state index contributed by atoms with van der Waals surface area (Å²) in [6.07, 6.45) is 18.2. The molecule has 3 rings (SSSR count). The van der Waals surface area contributed by atoms with Crippen LogP contribution in [0, 0.1) is 11.8 Å². The molecule has 0 fully saturated rings.